The van der Waals surface area contributed by atoms with Gasteiger partial charge in [0.15, 0.2) is 0 Å². The van der Waals surface area contributed by atoms with Gasteiger partial charge in [0.05, 0.1) is 0 Å². The van der Waals surface area contributed by atoms with Crippen molar-refractivity contribution < 1.29 is 0 Å². The van der Waals surface area contributed by atoms with Crippen molar-refractivity contribution in [2.75, 3.05) is 0 Å². The number of rotatable bonds is 8. The molecule has 2 heteroatoms. The highest BCUT2D eigenvalue weighted by Crippen LogP contribution is 2.22. The van der Waals surface area contributed by atoms with Crippen LogP contribution in [0.15, 0.2) is 0 Å². The van der Waals surface area contributed by atoms with E-state index in [2.05, 4.69) is 33.1 Å². The first kappa shape index (κ1) is 14.4. The van der Waals surface area contributed by atoms with E-state index in [4.69, 9.17) is 0 Å². The van der Waals surface area contributed by atoms with Crippen LogP contribution < -0.4 is 0 Å². The summed E-state index contributed by atoms with van der Waals surface area (Å²) in [5.41, 5.74) is 0. The van der Waals surface area contributed by atoms with Crippen LogP contribution in [0.3, 0.4) is 0 Å². The van der Waals surface area contributed by atoms with Gasteiger partial charge in [-0.25, -0.2) is 0 Å². The molecule has 0 aliphatic rings. The van der Waals surface area contributed by atoms with Gasteiger partial charge in [0, 0.05) is 16.9 Å². The first-order valence-electron chi connectivity index (χ1n) is 6.48. The zero-order valence-electron chi connectivity index (χ0n) is 11.0. The van der Waals surface area contributed by atoms with Gasteiger partial charge in [0.1, 0.15) is 0 Å². The van der Waals surface area contributed by atoms with Gasteiger partial charge < -0.3 is 0 Å². The highest BCUT2D eigenvalue weighted by atomic mass is 28.3. The van der Waals surface area contributed by atoms with Crippen molar-refractivity contribution in [3.8, 4) is 0 Å². The van der Waals surface area contributed by atoms with Gasteiger partial charge in [-0.3, -0.25) is 0 Å². The van der Waals surface area contributed by atoms with Crippen molar-refractivity contribution in [1.29, 1.82) is 0 Å². The maximum absolute atomic E-state index is 2.59. The molecule has 0 spiro atoms. The lowest BCUT2D eigenvalue weighted by molar-refractivity contribution is 0.759. The molecule has 0 nitrogen and oxygen atoms in total. The largest absolute Gasteiger partial charge is 0.0722 e. The Labute approximate surface area is 94.1 Å². The molecule has 0 aromatic rings. The third-order valence-corrected chi connectivity index (χ3v) is 8.07. The minimum absolute atomic E-state index is 0.271. The first-order chi connectivity index (χ1) is 6.48. The normalized spacial score (nSPS) is 12.4. The Hall–Kier alpha value is 0.434. The molecule has 14 heavy (non-hydrogen) atoms. The number of unbranched alkanes of at least 4 members (excludes halogenated alkanes) is 2. The van der Waals surface area contributed by atoms with Gasteiger partial charge in [-0.05, 0) is 0 Å². The highest BCUT2D eigenvalue weighted by molar-refractivity contribution is 6.77. The maximum Gasteiger partial charge on any atom is 0.0473 e. The second kappa shape index (κ2) is 7.69. The van der Waals surface area contributed by atoms with Crippen molar-refractivity contribution in [3.05, 3.63) is 0 Å². The molecule has 0 saturated heterocycles. The SMILES string of the molecule is CCCCC[Si](C)(C)CCC[SiH](C)C. The Bertz CT molecular complexity index is 130. The Morgan fingerprint density at radius 1 is 0.929 bits per heavy atom. The van der Waals surface area contributed by atoms with E-state index in [0.29, 0.717) is 0 Å². The van der Waals surface area contributed by atoms with Gasteiger partial charge >= 0.3 is 0 Å². The van der Waals surface area contributed by atoms with Gasteiger partial charge in [-0.15, -0.1) is 0 Å². The van der Waals surface area contributed by atoms with Crippen LogP contribution in [0.2, 0.25) is 44.3 Å². The summed E-state index contributed by atoms with van der Waals surface area (Å²) in [5.74, 6) is 0. The number of hydrogen-bond acceptors (Lipinski definition) is 0. The Morgan fingerprint density at radius 2 is 1.50 bits per heavy atom. The lowest BCUT2D eigenvalue weighted by atomic mass is 10.3. The molecule has 0 saturated carbocycles. The average molecular weight is 231 g/mol. The fourth-order valence-electron chi connectivity index (χ4n) is 1.97. The molecule has 86 valence electrons. The van der Waals surface area contributed by atoms with Crippen LogP contribution in [0.4, 0.5) is 0 Å². The molecule has 0 heterocycles. The summed E-state index contributed by atoms with van der Waals surface area (Å²) in [5, 5.41) is 0. The fraction of sp³-hybridized carbons (Fsp3) is 1.00. The zero-order valence-corrected chi connectivity index (χ0v) is 13.2. The molecule has 0 atom stereocenters. The molecule has 0 unspecified atom stereocenters. The van der Waals surface area contributed by atoms with Crippen LogP contribution in [-0.2, 0) is 0 Å². The van der Waals surface area contributed by atoms with E-state index in [1.165, 1.54) is 25.7 Å². The van der Waals surface area contributed by atoms with Crippen molar-refractivity contribution >= 4 is 16.9 Å². The van der Waals surface area contributed by atoms with Crippen LogP contribution in [0.25, 0.3) is 0 Å². The van der Waals surface area contributed by atoms with Crippen LogP contribution >= 0.6 is 0 Å². The van der Waals surface area contributed by atoms with E-state index >= 15 is 0 Å². The van der Waals surface area contributed by atoms with E-state index in [-0.39, 0.29) is 8.80 Å². The monoisotopic (exact) mass is 230 g/mol. The Morgan fingerprint density at radius 3 is 2.00 bits per heavy atom. The molecular formula is C12H30Si2. The molecule has 0 N–H and O–H groups in total. The molecular weight excluding hydrogens is 200 g/mol. The van der Waals surface area contributed by atoms with Crippen molar-refractivity contribution in [2.45, 2.75) is 76.9 Å². The van der Waals surface area contributed by atoms with Gasteiger partial charge in [-0.2, -0.15) is 0 Å². The Kier molecular flexibility index (Phi) is 7.93. The summed E-state index contributed by atoms with van der Waals surface area (Å²) in [4.78, 5) is 0. The van der Waals surface area contributed by atoms with E-state index < -0.39 is 8.07 Å². The summed E-state index contributed by atoms with van der Waals surface area (Å²) < 4.78 is 0. The summed E-state index contributed by atoms with van der Waals surface area (Å²) >= 11 is 0. The van der Waals surface area contributed by atoms with Gasteiger partial charge in [0.2, 0.25) is 0 Å². The molecule has 0 rings (SSSR count). The summed E-state index contributed by atoms with van der Waals surface area (Å²) in [7, 11) is -1.06. The Balaban J connectivity index is 3.50. The van der Waals surface area contributed by atoms with Gasteiger partial charge in [0.25, 0.3) is 0 Å². The maximum atomic E-state index is 2.59. The van der Waals surface area contributed by atoms with E-state index in [0.717, 1.165) is 0 Å². The topological polar surface area (TPSA) is 0 Å². The molecule has 0 aromatic carbocycles. The lowest BCUT2D eigenvalue weighted by Crippen LogP contribution is -2.24. The smallest absolute Gasteiger partial charge is 0.0473 e. The molecule has 0 amide bonds. The zero-order chi connectivity index (χ0) is 11.0. The van der Waals surface area contributed by atoms with Crippen LogP contribution in [0, 0.1) is 0 Å². The van der Waals surface area contributed by atoms with Crippen LogP contribution in [0.1, 0.15) is 32.6 Å². The molecule has 0 aliphatic heterocycles. The predicted octanol–water partition coefficient (Wildman–Crippen LogP) is 4.76. The molecule has 0 bridgehead atoms. The summed E-state index contributed by atoms with van der Waals surface area (Å²) in [6.45, 7) is 12.4. The first-order valence-corrected chi connectivity index (χ1v) is 13.0. The second-order valence-electron chi connectivity index (χ2n) is 5.91. The van der Waals surface area contributed by atoms with Crippen LogP contribution in [0.5, 0.6) is 0 Å². The molecule has 0 aromatic heterocycles. The average Bonchev–Trinajstić information content (AvgIpc) is 2.03. The quantitative estimate of drug-likeness (QED) is 0.416. The molecule has 0 aliphatic carbocycles. The van der Waals surface area contributed by atoms with Crippen LogP contribution in [-0.4, -0.2) is 16.9 Å². The summed E-state index contributed by atoms with van der Waals surface area (Å²) in [6.07, 6.45) is 5.86. The lowest BCUT2D eigenvalue weighted by Gasteiger charge is -2.22. The van der Waals surface area contributed by atoms with E-state index in [1.54, 1.807) is 18.1 Å². The standard InChI is InChI=1S/C12H30Si2/c1-6-7-8-11-14(4,5)12-9-10-13(2)3/h13H,6-12H2,1-5H3. The van der Waals surface area contributed by atoms with E-state index in [1.807, 2.05) is 0 Å². The highest BCUT2D eigenvalue weighted by Gasteiger charge is 2.19. The minimum atomic E-state index is -0.785. The van der Waals surface area contributed by atoms with Gasteiger partial charge in [-0.1, -0.05) is 76.9 Å². The third kappa shape index (κ3) is 9.01. The predicted molar refractivity (Wildman–Crippen MR) is 74.9 cm³/mol. The van der Waals surface area contributed by atoms with Crippen molar-refractivity contribution in [1.82, 2.24) is 0 Å². The summed E-state index contributed by atoms with van der Waals surface area (Å²) in [6, 6.07) is 4.73. The minimum Gasteiger partial charge on any atom is -0.0722 e. The second-order valence-corrected chi connectivity index (χ2v) is 14.6. The molecule has 0 radical (unpaired) electrons. The van der Waals surface area contributed by atoms with Crippen molar-refractivity contribution in [2.24, 2.45) is 0 Å². The third-order valence-electron chi connectivity index (χ3n) is 3.09. The van der Waals surface area contributed by atoms with Crippen molar-refractivity contribution in [3.63, 3.8) is 0 Å². The van der Waals surface area contributed by atoms with E-state index in [9.17, 15) is 0 Å². The number of hydrogen-bond donors (Lipinski definition) is 0. The molecule has 0 fully saturated rings. The fourth-order valence-corrected chi connectivity index (χ4v) is 6.01.